The topological polar surface area (TPSA) is 52.6 Å². The summed E-state index contributed by atoms with van der Waals surface area (Å²) < 4.78 is 85.8. The number of hydrogen-bond donors (Lipinski definition) is 0. The minimum atomic E-state index is -4.95. The van der Waals surface area contributed by atoms with Crippen molar-refractivity contribution in [3.05, 3.63) is 29.1 Å². The molecule has 2 rings (SSSR count). The summed E-state index contributed by atoms with van der Waals surface area (Å²) in [4.78, 5) is 21.2. The molecule has 0 unspecified atom stereocenters. The lowest BCUT2D eigenvalue weighted by Gasteiger charge is -2.25. The molecule has 1 aromatic carbocycles. The maximum atomic E-state index is 13.8. The first-order valence-corrected chi connectivity index (χ1v) is 4.49. The molecule has 0 atom stereocenters. The van der Waals surface area contributed by atoms with Gasteiger partial charge >= 0.3 is 18.8 Å². The first-order valence-electron chi connectivity index (χ1n) is 4.49. The van der Waals surface area contributed by atoms with E-state index in [0.29, 0.717) is 0 Å². The standard InChI is InChI=1S/C8BF6O4/c10-2-1(3(11)5(13)6(14)4(2)12)9(15)18-7(16)8(17)19-9/q-1. The molecule has 0 bridgehead atoms. The maximum absolute atomic E-state index is 13.8. The van der Waals surface area contributed by atoms with Gasteiger partial charge in [-0.15, -0.1) is 0 Å². The first kappa shape index (κ1) is 13.2. The van der Waals surface area contributed by atoms with Gasteiger partial charge < -0.3 is 13.6 Å². The molecule has 0 N–H and O–H groups in total. The number of hydrogen-bond acceptors (Lipinski definition) is 4. The zero-order valence-electron chi connectivity index (χ0n) is 8.48. The van der Waals surface area contributed by atoms with Crippen LogP contribution in [0.2, 0.25) is 0 Å². The fourth-order valence-electron chi connectivity index (χ4n) is 1.44. The van der Waals surface area contributed by atoms with Crippen molar-refractivity contribution in [3.8, 4) is 0 Å². The second kappa shape index (κ2) is 3.90. The van der Waals surface area contributed by atoms with Gasteiger partial charge in [0.05, 0.1) is 0 Å². The molecule has 1 aromatic rings. The number of halogens is 6. The average Bonchev–Trinajstić information content (AvgIpc) is 2.59. The van der Waals surface area contributed by atoms with Crippen molar-refractivity contribution in [1.82, 2.24) is 0 Å². The third kappa shape index (κ3) is 1.72. The molecule has 1 saturated heterocycles. The Morgan fingerprint density at radius 3 is 1.37 bits per heavy atom. The van der Waals surface area contributed by atoms with Crippen molar-refractivity contribution in [3.63, 3.8) is 0 Å². The highest BCUT2D eigenvalue weighted by Crippen LogP contribution is 2.24. The second-order valence-corrected chi connectivity index (χ2v) is 3.41. The molecule has 0 aliphatic carbocycles. The van der Waals surface area contributed by atoms with E-state index >= 15 is 0 Å². The van der Waals surface area contributed by atoms with Gasteiger partial charge in [-0.05, 0) is 5.46 Å². The van der Waals surface area contributed by atoms with Crippen LogP contribution in [-0.2, 0) is 18.9 Å². The van der Waals surface area contributed by atoms with Gasteiger partial charge in [0.1, 0.15) is 11.6 Å². The Morgan fingerprint density at radius 1 is 0.684 bits per heavy atom. The van der Waals surface area contributed by atoms with Gasteiger partial charge in [-0.2, -0.15) is 0 Å². The highest BCUT2D eigenvalue weighted by Gasteiger charge is 2.51. The maximum Gasteiger partial charge on any atom is 0.567 e. The average molecular weight is 285 g/mol. The quantitative estimate of drug-likeness (QED) is 0.249. The monoisotopic (exact) mass is 285 g/mol. The van der Waals surface area contributed by atoms with Gasteiger partial charge in [-0.3, -0.25) is 0 Å². The predicted octanol–water partition coefficient (Wildman–Crippen LogP) is 0.597. The summed E-state index contributed by atoms with van der Waals surface area (Å²) in [6.07, 6.45) is 0. The summed E-state index contributed by atoms with van der Waals surface area (Å²) >= 11 is 0. The third-order valence-electron chi connectivity index (χ3n) is 2.27. The van der Waals surface area contributed by atoms with Crippen molar-refractivity contribution in [2.75, 3.05) is 0 Å². The molecule has 102 valence electrons. The molecular formula is C8BF6O4-. The second-order valence-electron chi connectivity index (χ2n) is 3.41. The molecule has 19 heavy (non-hydrogen) atoms. The first-order chi connectivity index (χ1) is 8.69. The van der Waals surface area contributed by atoms with E-state index in [1.54, 1.807) is 0 Å². The van der Waals surface area contributed by atoms with Crippen LogP contribution in [0.25, 0.3) is 0 Å². The fraction of sp³-hybridized carbons (Fsp3) is 0. The van der Waals surface area contributed by atoms with Gasteiger partial charge in [-0.25, -0.2) is 31.5 Å². The molecule has 1 aliphatic heterocycles. The van der Waals surface area contributed by atoms with Crippen LogP contribution in [0.1, 0.15) is 0 Å². The summed E-state index contributed by atoms with van der Waals surface area (Å²) in [6.45, 7) is -4.95. The Bertz CT molecular complexity index is 573. The largest absolute Gasteiger partial charge is 0.618 e. The van der Waals surface area contributed by atoms with Crippen LogP contribution in [0.5, 0.6) is 0 Å². The zero-order chi connectivity index (χ0) is 14.5. The van der Waals surface area contributed by atoms with Gasteiger partial charge in [0.15, 0.2) is 17.5 Å². The van der Waals surface area contributed by atoms with E-state index in [1.807, 2.05) is 0 Å². The van der Waals surface area contributed by atoms with Crippen molar-refractivity contribution < 1.29 is 45.2 Å². The van der Waals surface area contributed by atoms with Crippen LogP contribution in [0.15, 0.2) is 0 Å². The number of benzene rings is 1. The molecular weight excluding hydrogens is 285 g/mol. The van der Waals surface area contributed by atoms with E-state index in [4.69, 9.17) is 0 Å². The molecule has 0 saturated carbocycles. The Kier molecular flexibility index (Phi) is 2.72. The van der Waals surface area contributed by atoms with E-state index in [1.165, 1.54) is 0 Å². The highest BCUT2D eigenvalue weighted by atomic mass is 19.2. The third-order valence-corrected chi connectivity index (χ3v) is 2.27. The highest BCUT2D eigenvalue weighted by molar-refractivity contribution is 6.82. The summed E-state index contributed by atoms with van der Waals surface area (Å²) in [5.41, 5.74) is -2.16. The van der Waals surface area contributed by atoms with E-state index in [9.17, 15) is 35.9 Å². The zero-order valence-corrected chi connectivity index (χ0v) is 8.48. The molecule has 0 radical (unpaired) electrons. The van der Waals surface area contributed by atoms with Gasteiger partial charge in [0.2, 0.25) is 0 Å². The van der Waals surface area contributed by atoms with Crippen molar-refractivity contribution >= 4 is 24.2 Å². The minimum absolute atomic E-state index is 1.95. The van der Waals surface area contributed by atoms with E-state index in [0.717, 1.165) is 0 Å². The lowest BCUT2D eigenvalue weighted by atomic mass is 9.72. The van der Waals surface area contributed by atoms with Gasteiger partial charge in [0, 0.05) is 0 Å². The Labute approximate surface area is 99.5 Å². The Hall–Kier alpha value is -2.20. The Morgan fingerprint density at radius 2 is 1.00 bits per heavy atom. The van der Waals surface area contributed by atoms with Gasteiger partial charge in [0.25, 0.3) is 0 Å². The minimum Gasteiger partial charge on any atom is -0.618 e. The van der Waals surface area contributed by atoms with Crippen LogP contribution in [-0.4, -0.2) is 18.8 Å². The van der Waals surface area contributed by atoms with Gasteiger partial charge in [-0.1, -0.05) is 0 Å². The number of carbonyl (C=O) groups is 2. The predicted molar refractivity (Wildman–Crippen MR) is 44.9 cm³/mol. The molecule has 0 spiro atoms. The molecule has 1 aliphatic rings. The van der Waals surface area contributed by atoms with Crippen molar-refractivity contribution in [2.24, 2.45) is 0 Å². The molecule has 0 aromatic heterocycles. The normalized spacial score (nSPS) is 17.4. The molecule has 0 amide bonds. The van der Waals surface area contributed by atoms with E-state index in [-0.39, 0.29) is 0 Å². The SMILES string of the molecule is O=C1O[B-](F)(c2c(F)c(F)c(F)c(F)c2F)OC1=O. The summed E-state index contributed by atoms with van der Waals surface area (Å²) in [5, 5.41) is 0. The van der Waals surface area contributed by atoms with Crippen LogP contribution in [0, 0.1) is 29.1 Å². The van der Waals surface area contributed by atoms with Crippen LogP contribution < -0.4 is 5.46 Å². The van der Waals surface area contributed by atoms with Crippen LogP contribution in [0.3, 0.4) is 0 Å². The van der Waals surface area contributed by atoms with Crippen LogP contribution >= 0.6 is 0 Å². The lowest BCUT2D eigenvalue weighted by Crippen LogP contribution is -2.51. The smallest absolute Gasteiger partial charge is 0.567 e. The fourth-order valence-corrected chi connectivity index (χ4v) is 1.44. The van der Waals surface area contributed by atoms with Crippen LogP contribution in [0.4, 0.5) is 26.3 Å². The van der Waals surface area contributed by atoms with Crippen molar-refractivity contribution in [2.45, 2.75) is 0 Å². The number of carbonyl (C=O) groups excluding carboxylic acids is 2. The van der Waals surface area contributed by atoms with E-state index in [2.05, 4.69) is 9.31 Å². The molecule has 4 nitrogen and oxygen atoms in total. The number of rotatable bonds is 1. The molecule has 1 fully saturated rings. The molecule has 11 heteroatoms. The summed E-state index contributed by atoms with van der Waals surface area (Å²) in [5.74, 6) is -16.6. The summed E-state index contributed by atoms with van der Waals surface area (Å²) in [7, 11) is 0. The molecule has 1 heterocycles. The van der Waals surface area contributed by atoms with E-state index < -0.39 is 53.3 Å². The Balaban J connectivity index is 2.71. The lowest BCUT2D eigenvalue weighted by molar-refractivity contribution is -0.150. The van der Waals surface area contributed by atoms with Crippen molar-refractivity contribution in [1.29, 1.82) is 0 Å². The summed E-state index contributed by atoms with van der Waals surface area (Å²) in [6, 6.07) is 0.